The predicted octanol–water partition coefficient (Wildman–Crippen LogP) is 10.9. The second kappa shape index (κ2) is 14.4. The van der Waals surface area contributed by atoms with Crippen LogP contribution < -0.4 is 4.90 Å². The monoisotopic (exact) mass is 873 g/mol. The molecular formula is C42H14F15N5. The number of benzene rings is 3. The fraction of sp³-hybridized carbons (Fsp3) is 0.0238. The van der Waals surface area contributed by atoms with Gasteiger partial charge in [-0.3, -0.25) is 0 Å². The molecule has 6 heterocycles. The highest BCUT2D eigenvalue weighted by atomic mass is 19.2. The number of hydrogen-bond acceptors (Lipinski definition) is 4. The van der Waals surface area contributed by atoms with Crippen LogP contribution in [-0.4, -0.2) is 27.4 Å². The molecule has 1 atom stereocenters. The molecule has 0 amide bonds. The maximum atomic E-state index is 16.1. The molecule has 0 saturated carbocycles. The number of rotatable bonds is 4. The molecule has 5 aromatic rings. The van der Waals surface area contributed by atoms with Crippen LogP contribution in [0.4, 0.5) is 71.7 Å². The quantitative estimate of drug-likeness (QED) is 0.111. The summed E-state index contributed by atoms with van der Waals surface area (Å²) in [5, 5.41) is 0. The molecule has 8 bridgehead atoms. The number of aromatic amines is 1. The molecule has 20 heteroatoms. The maximum Gasteiger partial charge on any atom is 0.200 e. The van der Waals surface area contributed by atoms with Crippen LogP contribution in [0.3, 0.4) is 0 Å². The van der Waals surface area contributed by atoms with E-state index in [4.69, 9.17) is 0 Å². The van der Waals surface area contributed by atoms with Crippen LogP contribution in [0.2, 0.25) is 0 Å². The zero-order valence-corrected chi connectivity index (χ0v) is 30.0. The van der Waals surface area contributed by atoms with Crippen molar-refractivity contribution in [1.29, 1.82) is 0 Å². The van der Waals surface area contributed by atoms with E-state index in [9.17, 15) is 22.0 Å². The molecular weight excluding hydrogens is 859 g/mol. The molecule has 2 aromatic heterocycles. The van der Waals surface area contributed by atoms with Gasteiger partial charge < -0.3 is 9.88 Å². The Hall–Kier alpha value is -7.38. The Morgan fingerprint density at radius 2 is 0.903 bits per heavy atom. The Balaban J connectivity index is 1.48. The molecule has 0 fully saturated rings. The summed E-state index contributed by atoms with van der Waals surface area (Å²) in [4.78, 5) is 16.1. The van der Waals surface area contributed by atoms with Gasteiger partial charge in [-0.05, 0) is 54.6 Å². The van der Waals surface area contributed by atoms with E-state index in [2.05, 4.69) is 20.0 Å². The second-order valence-electron chi connectivity index (χ2n) is 13.5. The van der Waals surface area contributed by atoms with Gasteiger partial charge in [-0.1, -0.05) is 12.1 Å². The van der Waals surface area contributed by atoms with Crippen molar-refractivity contribution in [3.8, 4) is 0 Å². The lowest BCUT2D eigenvalue weighted by atomic mass is 9.93. The number of fused-ring (bicyclic) bond motifs is 7. The Morgan fingerprint density at radius 1 is 0.435 bits per heavy atom. The molecule has 3 aromatic carbocycles. The van der Waals surface area contributed by atoms with Gasteiger partial charge in [0.2, 0.25) is 17.5 Å². The zero-order chi connectivity index (χ0) is 44.2. The van der Waals surface area contributed by atoms with E-state index in [-0.39, 0.29) is 17.2 Å². The molecule has 0 radical (unpaired) electrons. The summed E-state index contributed by atoms with van der Waals surface area (Å²) >= 11 is 0. The molecule has 0 aliphatic carbocycles. The van der Waals surface area contributed by atoms with Crippen LogP contribution in [0.15, 0.2) is 100 Å². The van der Waals surface area contributed by atoms with Gasteiger partial charge in [0.15, 0.2) is 69.8 Å². The molecule has 312 valence electrons. The van der Waals surface area contributed by atoms with Crippen molar-refractivity contribution in [3.63, 3.8) is 0 Å². The Labute approximate surface area is 335 Å². The lowest BCUT2D eigenvalue weighted by Gasteiger charge is -2.31. The molecule has 1 unspecified atom stereocenters. The third-order valence-corrected chi connectivity index (χ3v) is 10.1. The van der Waals surface area contributed by atoms with E-state index in [0.717, 1.165) is 59.7 Å². The standard InChI is InChI=1S/C42H14F15N5/c43-28-25(29(44)35(50)40(55)34(28)49)22-15-6-4-13(59-15)14-5-7-17(60-14)23(26-30(45)36(51)41(56)37(52)31(26)46)19-10-11-20(62(19)21-3-1-2-12-58-21)24(18-9-8-16(22)61-18)27-32(47)38(53)42(57)39(54)33(27)48/h1-12,20,60H. The number of allylic oxidation sites excluding steroid dienone is 6. The van der Waals surface area contributed by atoms with Crippen LogP contribution in [0, 0.1) is 87.3 Å². The lowest BCUT2D eigenvalue weighted by molar-refractivity contribution is 0.376. The maximum absolute atomic E-state index is 16.1. The number of H-pyrrole nitrogens is 1. The fourth-order valence-corrected chi connectivity index (χ4v) is 7.39. The third-order valence-electron chi connectivity index (χ3n) is 10.1. The highest BCUT2D eigenvalue weighted by Crippen LogP contribution is 2.46. The summed E-state index contributed by atoms with van der Waals surface area (Å²) in [5.41, 5.74) is -11.3. The Bertz CT molecular complexity index is 3050. The van der Waals surface area contributed by atoms with Gasteiger partial charge in [0.1, 0.15) is 5.82 Å². The summed E-state index contributed by atoms with van der Waals surface area (Å²) in [5.74, 6) is -37.2. The van der Waals surface area contributed by atoms with Crippen LogP contribution in [0.25, 0.3) is 16.7 Å². The number of nitrogens with one attached hydrogen (secondary N) is 1. The van der Waals surface area contributed by atoms with Crippen molar-refractivity contribution in [1.82, 2.24) is 9.97 Å². The first-order valence-electron chi connectivity index (χ1n) is 17.4. The lowest BCUT2D eigenvalue weighted by Crippen LogP contribution is -2.33. The van der Waals surface area contributed by atoms with Crippen LogP contribution in [-0.2, 0) is 0 Å². The topological polar surface area (TPSA) is 56.6 Å². The van der Waals surface area contributed by atoms with Gasteiger partial charge in [-0.2, -0.15) is 0 Å². The van der Waals surface area contributed by atoms with E-state index >= 15 is 43.9 Å². The molecule has 62 heavy (non-hydrogen) atoms. The summed E-state index contributed by atoms with van der Waals surface area (Å²) in [6.45, 7) is 0. The molecule has 4 aliphatic rings. The molecule has 0 saturated heterocycles. The van der Waals surface area contributed by atoms with Gasteiger partial charge in [-0.15, -0.1) is 0 Å². The van der Waals surface area contributed by atoms with E-state index in [1.54, 1.807) is 0 Å². The number of pyridine rings is 1. The van der Waals surface area contributed by atoms with E-state index in [1.165, 1.54) is 18.2 Å². The van der Waals surface area contributed by atoms with Crippen molar-refractivity contribution in [3.05, 3.63) is 205 Å². The minimum Gasteiger partial charge on any atom is -0.353 e. The fourth-order valence-electron chi connectivity index (χ4n) is 7.39. The third kappa shape index (κ3) is 5.72. The van der Waals surface area contributed by atoms with Crippen molar-refractivity contribution >= 4 is 34.0 Å². The number of nitrogens with zero attached hydrogens (tertiary/aromatic N) is 4. The number of halogens is 15. The first kappa shape index (κ1) is 40.0. The minimum atomic E-state index is -2.61. The summed E-state index contributed by atoms with van der Waals surface area (Å²) in [6.07, 6.45) is 6.79. The summed E-state index contributed by atoms with van der Waals surface area (Å²) < 4.78 is 229. The van der Waals surface area contributed by atoms with Gasteiger partial charge in [-0.25, -0.2) is 80.8 Å². The average molecular weight is 874 g/mol. The van der Waals surface area contributed by atoms with Crippen LogP contribution in [0.5, 0.6) is 0 Å². The molecule has 0 spiro atoms. The van der Waals surface area contributed by atoms with Crippen LogP contribution in [0.1, 0.15) is 28.1 Å². The molecule has 9 rings (SSSR count). The number of aromatic nitrogens is 2. The average Bonchev–Trinajstić information content (AvgIpc) is 4.12. The molecule has 4 aliphatic heterocycles. The highest BCUT2D eigenvalue weighted by Gasteiger charge is 2.41. The second-order valence-corrected chi connectivity index (χ2v) is 13.5. The Kier molecular flexibility index (Phi) is 9.29. The highest BCUT2D eigenvalue weighted by molar-refractivity contribution is 6.32. The first-order chi connectivity index (χ1) is 29.5. The van der Waals surface area contributed by atoms with E-state index in [1.807, 2.05) is 0 Å². The summed E-state index contributed by atoms with van der Waals surface area (Å²) in [7, 11) is 0. The van der Waals surface area contributed by atoms with Crippen molar-refractivity contribution in [2.45, 2.75) is 6.04 Å². The van der Waals surface area contributed by atoms with Gasteiger partial charge >= 0.3 is 0 Å². The normalized spacial score (nSPS) is 16.9. The van der Waals surface area contributed by atoms with Gasteiger partial charge in [0.25, 0.3) is 0 Å². The van der Waals surface area contributed by atoms with E-state index in [0.29, 0.717) is 0 Å². The number of aliphatic imine (C=N–C) groups is 2. The van der Waals surface area contributed by atoms with Gasteiger partial charge in [0, 0.05) is 28.6 Å². The first-order valence-corrected chi connectivity index (χ1v) is 17.4. The Morgan fingerprint density at radius 3 is 1.45 bits per heavy atom. The summed E-state index contributed by atoms with van der Waals surface area (Å²) in [6, 6.07) is 4.05. The van der Waals surface area contributed by atoms with Crippen molar-refractivity contribution in [2.75, 3.05) is 4.90 Å². The van der Waals surface area contributed by atoms with Crippen LogP contribution >= 0.6 is 0 Å². The SMILES string of the molecule is Fc1c(F)c(F)c(C2=C3C=CC(=N3)c3ccc([nH]3)C(c3c(F)c(F)c(F)c(F)c3F)=C3C=CC(C(c4c(F)c(F)c(F)c(F)c4F)=C4C=CC2=N4)N3c2ccccn2)c(F)c1F. The smallest absolute Gasteiger partial charge is 0.200 e. The largest absolute Gasteiger partial charge is 0.353 e. The molecule has 1 N–H and O–H groups in total. The predicted molar refractivity (Wildman–Crippen MR) is 191 cm³/mol. The number of hydrogen-bond donors (Lipinski definition) is 1. The van der Waals surface area contributed by atoms with Gasteiger partial charge in [0.05, 0.1) is 56.9 Å². The van der Waals surface area contributed by atoms with Crippen molar-refractivity contribution in [2.24, 2.45) is 9.98 Å². The number of anilines is 1. The molecule has 5 nitrogen and oxygen atoms in total. The van der Waals surface area contributed by atoms with E-state index < -0.39 is 155 Å². The van der Waals surface area contributed by atoms with Crippen molar-refractivity contribution < 1.29 is 65.9 Å². The minimum absolute atomic E-state index is 0.146. The zero-order valence-electron chi connectivity index (χ0n) is 30.0.